The number of aromatic nitrogens is 1. The Morgan fingerprint density at radius 1 is 1.15 bits per heavy atom. The summed E-state index contributed by atoms with van der Waals surface area (Å²) in [6.07, 6.45) is 4.02. The molecule has 4 rings (SSSR count). The lowest BCUT2D eigenvalue weighted by Crippen LogP contribution is -2.39. The first-order valence-corrected chi connectivity index (χ1v) is 10.6. The number of oxime groups is 1. The fourth-order valence-electron chi connectivity index (χ4n) is 3.67. The number of nitrogens with two attached hydrogens (primary N) is 1. The maximum Gasteiger partial charge on any atom is 0.319 e. The van der Waals surface area contributed by atoms with E-state index in [2.05, 4.69) is 25.7 Å². The highest BCUT2D eigenvalue weighted by atomic mass is 16.6. The molecule has 2 heterocycles. The number of nitrogens with zero attached hydrogens (tertiary/aromatic N) is 3. The summed E-state index contributed by atoms with van der Waals surface area (Å²) in [5.74, 6) is 1.83. The first-order chi connectivity index (χ1) is 16.1. The smallest absolute Gasteiger partial charge is 0.319 e. The third kappa shape index (κ3) is 5.70. The predicted molar refractivity (Wildman–Crippen MR) is 129 cm³/mol. The van der Waals surface area contributed by atoms with Gasteiger partial charge in [0.15, 0.2) is 0 Å². The van der Waals surface area contributed by atoms with Crippen molar-refractivity contribution in [1.82, 2.24) is 10.3 Å². The van der Waals surface area contributed by atoms with Crippen LogP contribution in [-0.4, -0.2) is 43.5 Å². The minimum Gasteiger partial charge on any atom is -0.457 e. The van der Waals surface area contributed by atoms with E-state index in [9.17, 15) is 4.79 Å². The monoisotopic (exact) mass is 446 g/mol. The van der Waals surface area contributed by atoms with Gasteiger partial charge in [0.1, 0.15) is 24.4 Å². The van der Waals surface area contributed by atoms with Crippen LogP contribution in [0.1, 0.15) is 12.0 Å². The minimum atomic E-state index is -0.256. The third-order valence-electron chi connectivity index (χ3n) is 5.24. The van der Waals surface area contributed by atoms with Gasteiger partial charge in [-0.1, -0.05) is 23.4 Å². The number of amides is 2. The van der Waals surface area contributed by atoms with E-state index in [1.807, 2.05) is 48.5 Å². The number of nitrogen functional groups attached to an aromatic ring is 1. The Morgan fingerprint density at radius 2 is 1.91 bits per heavy atom. The summed E-state index contributed by atoms with van der Waals surface area (Å²) in [6, 6.07) is 18.4. The molecule has 4 N–H and O–H groups in total. The van der Waals surface area contributed by atoms with Gasteiger partial charge in [0.2, 0.25) is 0 Å². The molecule has 1 aliphatic rings. The lowest BCUT2D eigenvalue weighted by molar-refractivity contribution is 0.215. The molecule has 33 heavy (non-hydrogen) atoms. The first-order valence-electron chi connectivity index (χ1n) is 10.6. The lowest BCUT2D eigenvalue weighted by Gasteiger charge is -2.21. The summed E-state index contributed by atoms with van der Waals surface area (Å²) in [5.41, 5.74) is 8.30. The summed E-state index contributed by atoms with van der Waals surface area (Å²) in [4.78, 5) is 23.6. The van der Waals surface area contributed by atoms with E-state index in [0.29, 0.717) is 29.4 Å². The van der Waals surface area contributed by atoms with E-state index in [1.165, 1.54) is 7.11 Å². The zero-order chi connectivity index (χ0) is 23.0. The molecule has 1 aliphatic heterocycles. The summed E-state index contributed by atoms with van der Waals surface area (Å²) >= 11 is 0. The number of carbonyl (C=O) groups is 1. The van der Waals surface area contributed by atoms with Crippen molar-refractivity contribution < 1.29 is 14.4 Å². The molecule has 1 unspecified atom stereocenters. The van der Waals surface area contributed by atoms with E-state index in [4.69, 9.17) is 15.3 Å². The Hall–Kier alpha value is -4.27. The molecule has 1 aromatic heterocycles. The van der Waals surface area contributed by atoms with Crippen molar-refractivity contribution in [2.45, 2.75) is 12.5 Å². The van der Waals surface area contributed by atoms with E-state index in [-0.39, 0.29) is 12.1 Å². The highest BCUT2D eigenvalue weighted by molar-refractivity contribution is 5.93. The summed E-state index contributed by atoms with van der Waals surface area (Å²) in [5, 5.41) is 9.72. The van der Waals surface area contributed by atoms with Crippen LogP contribution in [0.2, 0.25) is 0 Å². The second-order valence-electron chi connectivity index (χ2n) is 7.52. The number of carbonyl (C=O) groups excluding carboxylic acids is 1. The zero-order valence-corrected chi connectivity index (χ0v) is 18.3. The molecule has 0 saturated carbocycles. The molecule has 0 aliphatic carbocycles. The highest BCUT2D eigenvalue weighted by Gasteiger charge is 2.26. The SMILES string of the molecule is CO/N=C\c1c(N2CCC(NC(=O)Nc3ccc(Oc4ccccc4)cc3)C2)ccnc1N. The predicted octanol–water partition coefficient (Wildman–Crippen LogP) is 3.84. The van der Waals surface area contributed by atoms with Crippen LogP contribution in [0.15, 0.2) is 72.0 Å². The Balaban J connectivity index is 1.31. The van der Waals surface area contributed by atoms with Crippen molar-refractivity contribution in [3.05, 3.63) is 72.4 Å². The van der Waals surface area contributed by atoms with Crippen molar-refractivity contribution in [3.8, 4) is 11.5 Å². The topological polar surface area (TPSA) is 114 Å². The maximum absolute atomic E-state index is 12.5. The van der Waals surface area contributed by atoms with E-state index in [0.717, 1.165) is 24.4 Å². The fraction of sp³-hybridized carbons (Fsp3) is 0.208. The molecule has 3 aromatic rings. The minimum absolute atomic E-state index is 0.00714. The van der Waals surface area contributed by atoms with Gasteiger partial charge in [-0.25, -0.2) is 9.78 Å². The van der Waals surface area contributed by atoms with E-state index >= 15 is 0 Å². The van der Waals surface area contributed by atoms with Crippen LogP contribution >= 0.6 is 0 Å². The number of urea groups is 1. The van der Waals surface area contributed by atoms with Crippen LogP contribution < -0.4 is 26.0 Å². The Morgan fingerprint density at radius 3 is 2.67 bits per heavy atom. The Labute approximate surface area is 192 Å². The van der Waals surface area contributed by atoms with Gasteiger partial charge in [-0.05, 0) is 48.9 Å². The van der Waals surface area contributed by atoms with Crippen molar-refractivity contribution in [1.29, 1.82) is 0 Å². The number of rotatable bonds is 7. The second kappa shape index (κ2) is 10.4. The second-order valence-corrected chi connectivity index (χ2v) is 7.52. The Bertz CT molecular complexity index is 1100. The van der Waals surface area contributed by atoms with Crippen LogP contribution in [0.3, 0.4) is 0 Å². The fourth-order valence-corrected chi connectivity index (χ4v) is 3.67. The van der Waals surface area contributed by atoms with Crippen molar-refractivity contribution in [2.24, 2.45) is 5.16 Å². The number of hydrogen-bond donors (Lipinski definition) is 3. The largest absolute Gasteiger partial charge is 0.457 e. The average molecular weight is 447 g/mol. The van der Waals surface area contributed by atoms with Gasteiger partial charge in [0.05, 0.1) is 17.5 Å². The molecule has 0 radical (unpaired) electrons. The highest BCUT2D eigenvalue weighted by Crippen LogP contribution is 2.26. The van der Waals surface area contributed by atoms with Crippen molar-refractivity contribution >= 4 is 29.4 Å². The zero-order valence-electron chi connectivity index (χ0n) is 18.3. The summed E-state index contributed by atoms with van der Waals surface area (Å²) < 4.78 is 5.78. The number of nitrogens with one attached hydrogen (secondary N) is 2. The number of anilines is 3. The molecule has 0 spiro atoms. The maximum atomic E-state index is 12.5. The van der Waals surface area contributed by atoms with Gasteiger partial charge in [0, 0.05) is 31.0 Å². The van der Waals surface area contributed by atoms with Gasteiger partial charge >= 0.3 is 6.03 Å². The normalized spacial score (nSPS) is 15.4. The number of hydrogen-bond acceptors (Lipinski definition) is 7. The molecule has 170 valence electrons. The van der Waals surface area contributed by atoms with Crippen molar-refractivity contribution in [2.75, 3.05) is 36.1 Å². The summed E-state index contributed by atoms with van der Waals surface area (Å²) in [7, 11) is 1.47. The van der Waals surface area contributed by atoms with Crippen LogP contribution in [0, 0.1) is 0 Å². The molecule has 1 atom stereocenters. The van der Waals surface area contributed by atoms with Gasteiger partial charge in [-0.15, -0.1) is 0 Å². The number of benzene rings is 2. The van der Waals surface area contributed by atoms with Crippen molar-refractivity contribution in [3.63, 3.8) is 0 Å². The van der Waals surface area contributed by atoms with E-state index in [1.54, 1.807) is 24.5 Å². The van der Waals surface area contributed by atoms with Crippen LogP contribution in [0.4, 0.5) is 22.0 Å². The number of pyridine rings is 1. The lowest BCUT2D eigenvalue weighted by atomic mass is 10.2. The molecule has 0 bridgehead atoms. The van der Waals surface area contributed by atoms with Crippen LogP contribution in [0.5, 0.6) is 11.5 Å². The first kappa shape index (κ1) is 21.9. The van der Waals surface area contributed by atoms with Crippen LogP contribution in [0.25, 0.3) is 0 Å². The third-order valence-corrected chi connectivity index (χ3v) is 5.24. The molecule has 2 aromatic carbocycles. The molecular formula is C24H26N6O3. The molecular weight excluding hydrogens is 420 g/mol. The van der Waals surface area contributed by atoms with Gasteiger partial charge in [-0.2, -0.15) is 0 Å². The van der Waals surface area contributed by atoms with Gasteiger partial charge in [-0.3, -0.25) is 0 Å². The Kier molecular flexibility index (Phi) is 6.89. The quantitative estimate of drug-likeness (QED) is 0.375. The molecule has 1 fully saturated rings. The number of ether oxygens (including phenoxy) is 1. The number of para-hydroxylation sites is 1. The standard InChI is InChI=1S/C24H26N6O3/c1-32-27-15-21-22(11-13-26-23(21)25)30-14-12-18(16-30)29-24(31)28-17-7-9-20(10-8-17)33-19-5-3-2-4-6-19/h2-11,13,15,18H,12,14,16H2,1H3,(H2,25,26)(H2,28,29,31)/b27-15-. The molecule has 1 saturated heterocycles. The van der Waals surface area contributed by atoms with Gasteiger partial charge < -0.3 is 30.8 Å². The molecule has 9 nitrogen and oxygen atoms in total. The van der Waals surface area contributed by atoms with Crippen LogP contribution in [-0.2, 0) is 4.84 Å². The summed E-state index contributed by atoms with van der Waals surface area (Å²) in [6.45, 7) is 1.42. The molecule has 9 heteroatoms. The van der Waals surface area contributed by atoms with Gasteiger partial charge in [0.25, 0.3) is 0 Å². The van der Waals surface area contributed by atoms with E-state index < -0.39 is 0 Å². The molecule has 2 amide bonds. The average Bonchev–Trinajstić information content (AvgIpc) is 3.28.